The molecule has 0 aromatic carbocycles. The Labute approximate surface area is 148 Å². The van der Waals surface area contributed by atoms with Crippen molar-refractivity contribution in [1.82, 2.24) is 19.7 Å². The molecule has 0 saturated carbocycles. The van der Waals surface area contributed by atoms with Gasteiger partial charge in [0, 0.05) is 26.9 Å². The van der Waals surface area contributed by atoms with Crippen molar-refractivity contribution in [3.63, 3.8) is 0 Å². The number of amides is 2. The Balaban J connectivity index is 1.94. The molecule has 0 atom stereocenters. The number of carbonyl (C=O) groups excluding carboxylic acids is 2. The Kier molecular flexibility index (Phi) is 6.24. The summed E-state index contributed by atoms with van der Waals surface area (Å²) in [6.45, 7) is 0.907. The highest BCUT2D eigenvalue weighted by Gasteiger charge is 2.16. The predicted octanol–water partition coefficient (Wildman–Crippen LogP) is 1.54. The quantitative estimate of drug-likeness (QED) is 0.720. The monoisotopic (exact) mass is 373 g/mol. The number of rotatable bonds is 7. The van der Waals surface area contributed by atoms with Crippen molar-refractivity contribution in [3.8, 4) is 0 Å². The lowest BCUT2D eigenvalue weighted by atomic mass is 10.4. The number of nitrogens with one attached hydrogen (secondary N) is 2. The minimum Gasteiger partial charge on any atom is -0.383 e. The molecule has 2 amide bonds. The fourth-order valence-corrected chi connectivity index (χ4v) is 2.34. The third-order valence-corrected chi connectivity index (χ3v) is 4.02. The first-order valence-electron chi connectivity index (χ1n) is 7.02. The third-order valence-electron chi connectivity index (χ3n) is 3.17. The average Bonchev–Trinajstić information content (AvgIpc) is 3.07. The van der Waals surface area contributed by atoms with Gasteiger partial charge in [0.1, 0.15) is 17.4 Å². The van der Waals surface area contributed by atoms with E-state index in [1.54, 1.807) is 20.4 Å². The van der Waals surface area contributed by atoms with Crippen molar-refractivity contribution < 1.29 is 14.3 Å². The van der Waals surface area contributed by atoms with E-state index in [4.69, 9.17) is 27.9 Å². The van der Waals surface area contributed by atoms with E-state index in [0.29, 0.717) is 29.6 Å². The number of hydrogen-bond donors (Lipinski definition) is 2. The molecule has 2 aromatic rings. The van der Waals surface area contributed by atoms with Crippen LogP contribution in [0.5, 0.6) is 0 Å². The Morgan fingerprint density at radius 1 is 1.38 bits per heavy atom. The normalized spacial score (nSPS) is 10.7. The van der Waals surface area contributed by atoms with Gasteiger partial charge in [0.25, 0.3) is 5.91 Å². The lowest BCUT2D eigenvalue weighted by Gasteiger charge is -2.05. The lowest BCUT2D eigenvalue weighted by molar-refractivity contribution is -0.122. The maximum absolute atomic E-state index is 12.2. The molecule has 0 unspecified atom stereocenters. The third kappa shape index (κ3) is 4.50. The number of ether oxygens (including phenoxy) is 1. The van der Waals surface area contributed by atoms with E-state index in [1.165, 1.54) is 21.5 Å². The van der Waals surface area contributed by atoms with Crippen LogP contribution in [0.4, 0.5) is 5.69 Å². The smallest absolute Gasteiger partial charge is 0.272 e. The molecule has 2 heterocycles. The van der Waals surface area contributed by atoms with E-state index in [2.05, 4.69) is 15.7 Å². The SMILES string of the molecule is COCCNC(=O)Cn1cc(NC(=O)c2cc(Cl)c(Cl)n2C)cn1. The molecular weight excluding hydrogens is 357 g/mol. The van der Waals surface area contributed by atoms with Gasteiger partial charge in [0.15, 0.2) is 0 Å². The minimum atomic E-state index is -0.379. The van der Waals surface area contributed by atoms with Crippen molar-refractivity contribution in [2.75, 3.05) is 25.6 Å². The summed E-state index contributed by atoms with van der Waals surface area (Å²) in [5, 5.41) is 9.96. The summed E-state index contributed by atoms with van der Waals surface area (Å²) in [4.78, 5) is 23.9. The van der Waals surface area contributed by atoms with Gasteiger partial charge in [-0.2, -0.15) is 5.10 Å². The summed E-state index contributed by atoms with van der Waals surface area (Å²) in [6, 6.07) is 1.48. The highest BCUT2D eigenvalue weighted by molar-refractivity contribution is 6.42. The zero-order valence-electron chi connectivity index (χ0n) is 13.2. The van der Waals surface area contributed by atoms with Crippen LogP contribution < -0.4 is 10.6 Å². The van der Waals surface area contributed by atoms with Crippen molar-refractivity contribution >= 4 is 40.7 Å². The first-order valence-corrected chi connectivity index (χ1v) is 7.78. The number of aromatic nitrogens is 3. The van der Waals surface area contributed by atoms with Crippen molar-refractivity contribution in [2.45, 2.75) is 6.54 Å². The molecular formula is C14H17Cl2N5O3. The van der Waals surface area contributed by atoms with Gasteiger partial charge in [-0.05, 0) is 6.07 Å². The first-order chi connectivity index (χ1) is 11.4. The van der Waals surface area contributed by atoms with Gasteiger partial charge in [0.05, 0.1) is 23.5 Å². The van der Waals surface area contributed by atoms with Crippen LogP contribution in [0.1, 0.15) is 10.5 Å². The maximum Gasteiger partial charge on any atom is 0.272 e. The maximum atomic E-state index is 12.2. The first kappa shape index (κ1) is 18.3. The average molecular weight is 374 g/mol. The predicted molar refractivity (Wildman–Crippen MR) is 90.5 cm³/mol. The fraction of sp³-hybridized carbons (Fsp3) is 0.357. The van der Waals surface area contributed by atoms with Crippen LogP contribution in [-0.4, -0.2) is 46.4 Å². The number of carbonyl (C=O) groups is 2. The van der Waals surface area contributed by atoms with Gasteiger partial charge in [-0.15, -0.1) is 0 Å². The van der Waals surface area contributed by atoms with Crippen molar-refractivity contribution in [2.24, 2.45) is 7.05 Å². The molecule has 0 aliphatic heterocycles. The van der Waals surface area contributed by atoms with E-state index in [9.17, 15) is 9.59 Å². The Hall–Kier alpha value is -2.03. The Morgan fingerprint density at radius 2 is 2.12 bits per heavy atom. The summed E-state index contributed by atoms with van der Waals surface area (Å²) in [7, 11) is 3.19. The Morgan fingerprint density at radius 3 is 2.75 bits per heavy atom. The molecule has 0 saturated heterocycles. The molecule has 2 rings (SSSR count). The lowest BCUT2D eigenvalue weighted by Crippen LogP contribution is -2.30. The zero-order valence-corrected chi connectivity index (χ0v) is 14.7. The number of methoxy groups -OCH3 is 1. The minimum absolute atomic E-state index is 0.0431. The highest BCUT2D eigenvalue weighted by atomic mass is 35.5. The molecule has 0 radical (unpaired) electrons. The van der Waals surface area contributed by atoms with Crippen LogP contribution in [0.25, 0.3) is 0 Å². The summed E-state index contributed by atoms with van der Waals surface area (Å²) >= 11 is 11.8. The molecule has 0 spiro atoms. The highest BCUT2D eigenvalue weighted by Crippen LogP contribution is 2.25. The molecule has 24 heavy (non-hydrogen) atoms. The molecule has 8 nitrogen and oxygen atoms in total. The van der Waals surface area contributed by atoms with Crippen molar-refractivity contribution in [1.29, 1.82) is 0 Å². The van der Waals surface area contributed by atoms with E-state index < -0.39 is 0 Å². The van der Waals surface area contributed by atoms with Gasteiger partial charge in [-0.3, -0.25) is 14.3 Å². The number of halogens is 2. The molecule has 0 aliphatic carbocycles. The fourth-order valence-electron chi connectivity index (χ4n) is 1.97. The topological polar surface area (TPSA) is 90.2 Å². The van der Waals surface area contributed by atoms with E-state index in [0.717, 1.165) is 0 Å². The standard InChI is InChI=1S/C14H17Cl2N5O3/c1-20-11(5-10(15)13(20)16)14(23)19-9-6-18-21(7-9)8-12(22)17-3-4-24-2/h5-7H,3-4,8H2,1-2H3,(H,17,22)(H,19,23). The van der Waals surface area contributed by atoms with E-state index >= 15 is 0 Å². The molecule has 0 bridgehead atoms. The molecule has 0 aliphatic rings. The van der Waals surface area contributed by atoms with E-state index in [-0.39, 0.29) is 23.5 Å². The van der Waals surface area contributed by atoms with Crippen molar-refractivity contribution in [3.05, 3.63) is 34.3 Å². The summed E-state index contributed by atoms with van der Waals surface area (Å²) in [5.74, 6) is -0.579. The zero-order chi connectivity index (χ0) is 17.7. The second-order valence-electron chi connectivity index (χ2n) is 4.95. The van der Waals surface area contributed by atoms with Gasteiger partial charge >= 0.3 is 0 Å². The van der Waals surface area contributed by atoms with Crippen LogP contribution in [0.15, 0.2) is 18.5 Å². The van der Waals surface area contributed by atoms with Gasteiger partial charge < -0.3 is 19.9 Å². The molecule has 0 fully saturated rings. The van der Waals surface area contributed by atoms with Gasteiger partial charge in [-0.1, -0.05) is 23.2 Å². The van der Waals surface area contributed by atoms with Gasteiger partial charge in [-0.25, -0.2) is 0 Å². The summed E-state index contributed by atoms with van der Waals surface area (Å²) in [5.41, 5.74) is 0.771. The second-order valence-corrected chi connectivity index (χ2v) is 5.72. The largest absolute Gasteiger partial charge is 0.383 e. The summed E-state index contributed by atoms with van der Waals surface area (Å²) < 4.78 is 7.75. The van der Waals surface area contributed by atoms with E-state index in [1.807, 2.05) is 0 Å². The number of hydrogen-bond acceptors (Lipinski definition) is 4. The molecule has 10 heteroatoms. The molecule has 2 aromatic heterocycles. The van der Waals surface area contributed by atoms with Crippen LogP contribution in [-0.2, 0) is 23.1 Å². The van der Waals surface area contributed by atoms with Crippen LogP contribution in [0.2, 0.25) is 10.2 Å². The summed E-state index contributed by atoms with van der Waals surface area (Å²) in [6.07, 6.45) is 3.01. The Bertz CT molecular complexity index is 741. The number of anilines is 1. The van der Waals surface area contributed by atoms with Crippen LogP contribution >= 0.6 is 23.2 Å². The number of nitrogens with zero attached hydrogens (tertiary/aromatic N) is 3. The second kappa shape index (κ2) is 8.18. The van der Waals surface area contributed by atoms with Crippen LogP contribution in [0, 0.1) is 0 Å². The van der Waals surface area contributed by atoms with Crippen LogP contribution in [0.3, 0.4) is 0 Å². The van der Waals surface area contributed by atoms with Gasteiger partial charge in [0.2, 0.25) is 5.91 Å². The molecule has 130 valence electrons. The molecule has 2 N–H and O–H groups in total.